The fraction of sp³-hybridized carbons (Fsp3) is 0.167. The Morgan fingerprint density at radius 2 is 2.33 bits per heavy atom. The van der Waals surface area contributed by atoms with E-state index in [0.717, 1.165) is 5.69 Å². The van der Waals surface area contributed by atoms with Gasteiger partial charge in [0.25, 0.3) is 5.91 Å². The quantitative estimate of drug-likeness (QED) is 0.708. The summed E-state index contributed by atoms with van der Waals surface area (Å²) in [5.41, 5.74) is 6.73. The number of H-pyrrole nitrogens is 1. The van der Waals surface area contributed by atoms with Gasteiger partial charge in [0.05, 0.1) is 11.9 Å². The zero-order valence-electron chi connectivity index (χ0n) is 9.61. The lowest BCUT2D eigenvalue weighted by atomic mass is 10.1. The number of nitrogen functional groups attached to an aromatic ring is 1. The van der Waals surface area contributed by atoms with Crippen molar-refractivity contribution in [2.24, 2.45) is 0 Å². The van der Waals surface area contributed by atoms with Crippen LogP contribution in [-0.2, 0) is 6.42 Å². The van der Waals surface area contributed by atoms with Gasteiger partial charge in [-0.2, -0.15) is 0 Å². The fourth-order valence-electron chi connectivity index (χ4n) is 1.54. The van der Waals surface area contributed by atoms with Gasteiger partial charge in [0.2, 0.25) is 0 Å². The highest BCUT2D eigenvalue weighted by molar-refractivity contribution is 5.95. The third-order valence-electron chi connectivity index (χ3n) is 2.47. The highest BCUT2D eigenvalue weighted by atomic mass is 19.1. The lowest BCUT2D eigenvalue weighted by molar-refractivity contribution is 0.0950. The Labute approximate surface area is 103 Å². The fourth-order valence-corrected chi connectivity index (χ4v) is 1.54. The van der Waals surface area contributed by atoms with E-state index in [-0.39, 0.29) is 5.56 Å². The molecule has 0 aliphatic heterocycles. The molecule has 0 unspecified atom stereocenters. The number of benzene rings is 1. The maximum atomic E-state index is 13.4. The molecule has 1 aromatic carbocycles. The van der Waals surface area contributed by atoms with E-state index in [1.807, 2.05) is 0 Å². The second-order valence-corrected chi connectivity index (χ2v) is 3.82. The molecule has 1 heterocycles. The van der Waals surface area contributed by atoms with E-state index >= 15 is 0 Å². The maximum absolute atomic E-state index is 13.4. The number of anilines is 1. The lowest BCUT2D eigenvalue weighted by Crippen LogP contribution is -2.26. The number of imidazole rings is 1. The van der Waals surface area contributed by atoms with E-state index in [1.165, 1.54) is 18.2 Å². The van der Waals surface area contributed by atoms with Crippen LogP contribution in [-0.4, -0.2) is 22.4 Å². The average molecular weight is 248 g/mol. The zero-order valence-corrected chi connectivity index (χ0v) is 9.61. The third-order valence-corrected chi connectivity index (χ3v) is 2.47. The van der Waals surface area contributed by atoms with Gasteiger partial charge < -0.3 is 16.0 Å². The number of nitrogens with two attached hydrogens (primary N) is 1. The molecule has 1 aromatic heterocycles. The van der Waals surface area contributed by atoms with Crippen LogP contribution in [0.25, 0.3) is 0 Å². The van der Waals surface area contributed by atoms with E-state index in [9.17, 15) is 9.18 Å². The van der Waals surface area contributed by atoms with Crippen molar-refractivity contribution < 1.29 is 9.18 Å². The number of hydrogen-bond acceptors (Lipinski definition) is 3. The van der Waals surface area contributed by atoms with Crippen LogP contribution in [0.2, 0.25) is 0 Å². The molecule has 0 saturated heterocycles. The number of nitrogens with one attached hydrogen (secondary N) is 2. The van der Waals surface area contributed by atoms with Gasteiger partial charge in [0.1, 0.15) is 5.82 Å². The van der Waals surface area contributed by atoms with E-state index < -0.39 is 11.7 Å². The molecule has 2 aromatic rings. The average Bonchev–Trinajstić information content (AvgIpc) is 2.85. The van der Waals surface area contributed by atoms with Crippen LogP contribution in [0.4, 0.5) is 10.1 Å². The van der Waals surface area contributed by atoms with Crippen molar-refractivity contribution in [2.75, 3.05) is 12.3 Å². The Bertz CT molecular complexity index is 539. The number of aromatic amines is 1. The second-order valence-electron chi connectivity index (χ2n) is 3.82. The summed E-state index contributed by atoms with van der Waals surface area (Å²) in [6.45, 7) is 0.398. The Morgan fingerprint density at radius 1 is 1.50 bits per heavy atom. The summed E-state index contributed by atoms with van der Waals surface area (Å²) in [6.07, 6.45) is 3.84. The number of hydrogen-bond donors (Lipinski definition) is 3. The number of rotatable bonds is 4. The van der Waals surface area contributed by atoms with Gasteiger partial charge in [0, 0.05) is 30.5 Å². The molecule has 2 rings (SSSR count). The number of carbonyl (C=O) groups is 1. The monoisotopic (exact) mass is 248 g/mol. The molecular weight excluding hydrogens is 235 g/mol. The van der Waals surface area contributed by atoms with Crippen LogP contribution in [0.5, 0.6) is 0 Å². The van der Waals surface area contributed by atoms with Gasteiger partial charge in [-0.3, -0.25) is 4.79 Å². The lowest BCUT2D eigenvalue weighted by Gasteiger charge is -2.06. The first-order chi connectivity index (χ1) is 8.66. The summed E-state index contributed by atoms with van der Waals surface area (Å²) < 4.78 is 13.4. The minimum atomic E-state index is -0.580. The third kappa shape index (κ3) is 2.85. The Hall–Kier alpha value is -2.37. The van der Waals surface area contributed by atoms with E-state index in [1.54, 1.807) is 12.5 Å². The number of nitrogens with zero attached hydrogens (tertiary/aromatic N) is 1. The topological polar surface area (TPSA) is 83.8 Å². The zero-order chi connectivity index (χ0) is 13.0. The van der Waals surface area contributed by atoms with Crippen molar-refractivity contribution in [3.05, 3.63) is 47.8 Å². The van der Waals surface area contributed by atoms with Crippen LogP contribution in [0.15, 0.2) is 30.7 Å². The van der Waals surface area contributed by atoms with E-state index in [2.05, 4.69) is 15.3 Å². The second kappa shape index (κ2) is 5.31. The minimum absolute atomic E-state index is 0.0420. The molecule has 0 aliphatic rings. The highest BCUT2D eigenvalue weighted by Gasteiger charge is 2.11. The largest absolute Gasteiger partial charge is 0.399 e. The van der Waals surface area contributed by atoms with E-state index in [0.29, 0.717) is 18.7 Å². The van der Waals surface area contributed by atoms with Crippen LogP contribution in [0, 0.1) is 5.82 Å². The number of halogens is 1. The molecular formula is C12H13FN4O. The maximum Gasteiger partial charge on any atom is 0.254 e. The predicted molar refractivity (Wildman–Crippen MR) is 65.4 cm³/mol. The van der Waals surface area contributed by atoms with Crippen molar-refractivity contribution >= 4 is 11.6 Å². The first kappa shape index (κ1) is 12.1. The predicted octanol–water partition coefficient (Wildman–Crippen LogP) is 1.10. The smallest absolute Gasteiger partial charge is 0.254 e. The van der Waals surface area contributed by atoms with Gasteiger partial charge >= 0.3 is 0 Å². The summed E-state index contributed by atoms with van der Waals surface area (Å²) in [5.74, 6) is -1.05. The SMILES string of the molecule is Nc1ccc(F)c(C(=O)NCCc2cnc[nH]2)c1. The van der Waals surface area contributed by atoms with Crippen LogP contribution in [0.1, 0.15) is 16.1 Å². The molecule has 94 valence electrons. The Morgan fingerprint density at radius 3 is 3.06 bits per heavy atom. The molecule has 4 N–H and O–H groups in total. The summed E-state index contributed by atoms with van der Waals surface area (Å²) in [6, 6.07) is 3.91. The van der Waals surface area contributed by atoms with Crippen LogP contribution < -0.4 is 11.1 Å². The van der Waals surface area contributed by atoms with Crippen LogP contribution in [0.3, 0.4) is 0 Å². The molecule has 0 aliphatic carbocycles. The number of carbonyl (C=O) groups excluding carboxylic acids is 1. The van der Waals surface area contributed by atoms with Crippen LogP contribution >= 0.6 is 0 Å². The molecule has 0 fully saturated rings. The van der Waals surface area contributed by atoms with Gasteiger partial charge in [-0.15, -0.1) is 0 Å². The summed E-state index contributed by atoms with van der Waals surface area (Å²) in [7, 11) is 0. The van der Waals surface area contributed by atoms with Crippen molar-refractivity contribution in [2.45, 2.75) is 6.42 Å². The van der Waals surface area contributed by atoms with Crippen molar-refractivity contribution in [1.29, 1.82) is 0 Å². The molecule has 5 nitrogen and oxygen atoms in total. The first-order valence-electron chi connectivity index (χ1n) is 5.47. The first-order valence-corrected chi connectivity index (χ1v) is 5.47. The Kier molecular flexibility index (Phi) is 3.57. The van der Waals surface area contributed by atoms with Crippen molar-refractivity contribution in [1.82, 2.24) is 15.3 Å². The normalized spacial score (nSPS) is 10.3. The van der Waals surface area contributed by atoms with Gasteiger partial charge in [-0.1, -0.05) is 0 Å². The summed E-state index contributed by atoms with van der Waals surface area (Å²) in [5, 5.41) is 2.62. The molecule has 0 spiro atoms. The molecule has 1 amide bonds. The highest BCUT2D eigenvalue weighted by Crippen LogP contribution is 2.11. The van der Waals surface area contributed by atoms with Gasteiger partial charge in [0.15, 0.2) is 0 Å². The minimum Gasteiger partial charge on any atom is -0.399 e. The summed E-state index contributed by atoms with van der Waals surface area (Å²) in [4.78, 5) is 18.5. The molecule has 0 bridgehead atoms. The van der Waals surface area contributed by atoms with Crippen molar-refractivity contribution in [3.63, 3.8) is 0 Å². The number of amides is 1. The summed E-state index contributed by atoms with van der Waals surface area (Å²) >= 11 is 0. The van der Waals surface area contributed by atoms with Crippen molar-refractivity contribution in [3.8, 4) is 0 Å². The van der Waals surface area contributed by atoms with E-state index in [4.69, 9.17) is 5.73 Å². The van der Waals surface area contributed by atoms with Gasteiger partial charge in [-0.25, -0.2) is 9.37 Å². The van der Waals surface area contributed by atoms with Gasteiger partial charge in [-0.05, 0) is 18.2 Å². The molecule has 6 heteroatoms. The molecule has 18 heavy (non-hydrogen) atoms. The Balaban J connectivity index is 1.93. The number of aromatic nitrogens is 2. The standard InChI is InChI=1S/C12H13FN4O/c13-11-2-1-8(14)5-10(11)12(18)16-4-3-9-6-15-7-17-9/h1-2,5-7H,3-4,14H2,(H,15,17)(H,16,18). The molecule has 0 saturated carbocycles. The molecule has 0 atom stereocenters. The molecule has 0 radical (unpaired) electrons.